The molecule has 0 bridgehead atoms. The van der Waals surface area contributed by atoms with Gasteiger partial charge in [-0.2, -0.15) is 13.2 Å². The molecule has 2 fully saturated rings. The van der Waals surface area contributed by atoms with E-state index >= 15 is 0 Å². The molecule has 1 aromatic rings. The average molecular weight is 343 g/mol. The number of carbonyl (C=O) groups is 1. The van der Waals surface area contributed by atoms with Crippen LogP contribution in [-0.2, 0) is 6.18 Å². The predicted octanol–water partition coefficient (Wildman–Crippen LogP) is 1.95. The molecule has 1 aromatic heterocycles. The summed E-state index contributed by atoms with van der Waals surface area (Å²) in [5, 5.41) is 0. The van der Waals surface area contributed by atoms with Crippen LogP contribution in [0.25, 0.3) is 0 Å². The van der Waals surface area contributed by atoms with Crippen molar-refractivity contribution in [2.24, 2.45) is 5.41 Å². The lowest BCUT2D eigenvalue weighted by Gasteiger charge is -2.40. The van der Waals surface area contributed by atoms with Gasteiger partial charge < -0.3 is 14.8 Å². The number of nitrogens with zero attached hydrogens (tertiary/aromatic N) is 2. The van der Waals surface area contributed by atoms with Crippen LogP contribution in [0.2, 0.25) is 0 Å². The molecule has 5 nitrogen and oxygen atoms in total. The first-order valence-electron chi connectivity index (χ1n) is 7.98. The number of hydrogen-bond donors (Lipinski definition) is 1. The van der Waals surface area contributed by atoms with Crippen molar-refractivity contribution in [1.29, 1.82) is 0 Å². The lowest BCUT2D eigenvalue weighted by atomic mass is 9.79. The van der Waals surface area contributed by atoms with E-state index in [-0.39, 0.29) is 11.0 Å². The second-order valence-corrected chi connectivity index (χ2v) is 6.95. The SMILES string of the molecule is CN1CCC2(CCCN(C(=O)c3c[nH]c(=O)c(C(F)(F)F)c3)C2)C1. The molecule has 0 radical (unpaired) electrons. The van der Waals surface area contributed by atoms with Crippen LogP contribution in [-0.4, -0.2) is 53.9 Å². The van der Waals surface area contributed by atoms with E-state index in [1.54, 1.807) is 4.90 Å². The van der Waals surface area contributed by atoms with Gasteiger partial charge in [-0.3, -0.25) is 9.59 Å². The smallest absolute Gasteiger partial charge is 0.338 e. The molecule has 1 spiro atoms. The van der Waals surface area contributed by atoms with E-state index in [2.05, 4.69) is 4.90 Å². The molecule has 2 aliphatic rings. The number of rotatable bonds is 1. The van der Waals surface area contributed by atoms with Gasteiger partial charge in [-0.25, -0.2) is 0 Å². The molecule has 1 N–H and O–H groups in total. The van der Waals surface area contributed by atoms with E-state index in [0.717, 1.165) is 38.5 Å². The summed E-state index contributed by atoms with van der Waals surface area (Å²) in [6.07, 6.45) is -0.842. The van der Waals surface area contributed by atoms with Gasteiger partial charge in [0.25, 0.3) is 11.5 Å². The monoisotopic (exact) mass is 343 g/mol. The van der Waals surface area contributed by atoms with Crippen molar-refractivity contribution in [2.75, 3.05) is 33.2 Å². The molecule has 2 saturated heterocycles. The first-order valence-corrected chi connectivity index (χ1v) is 7.98. The number of aromatic nitrogens is 1. The zero-order valence-corrected chi connectivity index (χ0v) is 13.4. The molecule has 0 saturated carbocycles. The van der Waals surface area contributed by atoms with Gasteiger partial charge >= 0.3 is 6.18 Å². The predicted molar refractivity (Wildman–Crippen MR) is 81.7 cm³/mol. The van der Waals surface area contributed by atoms with Crippen LogP contribution in [0.15, 0.2) is 17.1 Å². The standard InChI is InChI=1S/C16H20F3N3O2/c1-21-6-4-15(9-21)3-2-5-22(10-15)14(24)11-7-12(16(17,18)19)13(23)20-8-11/h7-8H,2-6,9-10H2,1H3,(H,20,23). The van der Waals surface area contributed by atoms with Crippen molar-refractivity contribution in [2.45, 2.75) is 25.4 Å². The highest BCUT2D eigenvalue weighted by atomic mass is 19.4. The Hall–Kier alpha value is -1.83. The first kappa shape index (κ1) is 17.0. The van der Waals surface area contributed by atoms with Crippen molar-refractivity contribution in [3.05, 3.63) is 33.7 Å². The van der Waals surface area contributed by atoms with Gasteiger partial charge in [0.15, 0.2) is 0 Å². The van der Waals surface area contributed by atoms with E-state index in [9.17, 15) is 22.8 Å². The Morgan fingerprint density at radius 3 is 2.62 bits per heavy atom. The Kier molecular flexibility index (Phi) is 4.19. The molecular formula is C16H20F3N3O2. The van der Waals surface area contributed by atoms with Crippen LogP contribution >= 0.6 is 0 Å². The highest BCUT2D eigenvalue weighted by molar-refractivity contribution is 5.94. The number of halogens is 3. The normalized spacial score (nSPS) is 25.4. The second kappa shape index (κ2) is 5.91. The third-order valence-electron chi connectivity index (χ3n) is 5.03. The summed E-state index contributed by atoms with van der Waals surface area (Å²) in [7, 11) is 2.03. The van der Waals surface area contributed by atoms with Crippen LogP contribution in [0.4, 0.5) is 13.2 Å². The minimum atomic E-state index is -4.78. The van der Waals surface area contributed by atoms with Crippen molar-refractivity contribution >= 4 is 5.91 Å². The summed E-state index contributed by atoms with van der Waals surface area (Å²) < 4.78 is 38.6. The number of likely N-dealkylation sites (tertiary alicyclic amines) is 2. The quantitative estimate of drug-likeness (QED) is 0.848. The Morgan fingerprint density at radius 2 is 2.00 bits per heavy atom. The average Bonchev–Trinajstić information content (AvgIpc) is 2.86. The van der Waals surface area contributed by atoms with Gasteiger partial charge in [0.2, 0.25) is 0 Å². The first-order chi connectivity index (χ1) is 11.2. The summed E-state index contributed by atoms with van der Waals surface area (Å²) >= 11 is 0. The zero-order valence-electron chi connectivity index (χ0n) is 13.4. The number of H-pyrrole nitrogens is 1. The highest BCUT2D eigenvalue weighted by Crippen LogP contribution is 2.38. The summed E-state index contributed by atoms with van der Waals surface area (Å²) in [4.78, 5) is 29.9. The number of piperidine rings is 1. The summed E-state index contributed by atoms with van der Waals surface area (Å²) in [5.41, 5.74) is -2.64. The van der Waals surface area contributed by atoms with Crippen LogP contribution in [0, 0.1) is 5.41 Å². The molecule has 8 heteroatoms. The van der Waals surface area contributed by atoms with Gasteiger partial charge in [-0.1, -0.05) is 0 Å². The van der Waals surface area contributed by atoms with Crippen LogP contribution in [0.5, 0.6) is 0 Å². The maximum absolute atomic E-state index is 12.9. The van der Waals surface area contributed by atoms with Gasteiger partial charge in [0.05, 0.1) is 5.56 Å². The summed E-state index contributed by atoms with van der Waals surface area (Å²) in [6, 6.07) is 0.656. The lowest BCUT2D eigenvalue weighted by Crippen LogP contribution is -2.47. The fourth-order valence-electron chi connectivity index (χ4n) is 3.87. The largest absolute Gasteiger partial charge is 0.421 e. The van der Waals surface area contributed by atoms with Crippen LogP contribution in [0.3, 0.4) is 0 Å². The minimum absolute atomic E-state index is 0.0394. The molecule has 3 heterocycles. The number of amides is 1. The molecule has 3 rings (SSSR count). The topological polar surface area (TPSA) is 56.4 Å². The number of aromatic amines is 1. The van der Waals surface area contributed by atoms with E-state index < -0.39 is 23.2 Å². The molecule has 0 aromatic carbocycles. The van der Waals surface area contributed by atoms with Crippen molar-refractivity contribution in [3.8, 4) is 0 Å². The molecular weight excluding hydrogens is 323 g/mol. The third-order valence-corrected chi connectivity index (χ3v) is 5.03. The second-order valence-electron chi connectivity index (χ2n) is 6.95. The fraction of sp³-hybridized carbons (Fsp3) is 0.625. The third kappa shape index (κ3) is 3.19. The number of nitrogens with one attached hydrogen (secondary N) is 1. The number of pyridine rings is 1. The Morgan fingerprint density at radius 1 is 1.25 bits per heavy atom. The Bertz CT molecular complexity index is 697. The van der Waals surface area contributed by atoms with Gasteiger partial charge in [0, 0.05) is 31.2 Å². The van der Waals surface area contributed by atoms with Gasteiger partial charge in [0.1, 0.15) is 5.56 Å². The molecule has 2 aliphatic heterocycles. The summed E-state index contributed by atoms with van der Waals surface area (Å²) in [5.74, 6) is -0.453. The van der Waals surface area contributed by atoms with Crippen molar-refractivity contribution in [3.63, 3.8) is 0 Å². The number of hydrogen-bond acceptors (Lipinski definition) is 3. The molecule has 1 atom stereocenters. The Labute approximate surface area is 137 Å². The molecule has 1 unspecified atom stereocenters. The number of carbonyl (C=O) groups excluding carboxylic acids is 1. The zero-order chi connectivity index (χ0) is 17.5. The molecule has 24 heavy (non-hydrogen) atoms. The highest BCUT2D eigenvalue weighted by Gasteiger charge is 2.42. The minimum Gasteiger partial charge on any atom is -0.338 e. The molecule has 1 amide bonds. The Balaban J connectivity index is 1.83. The maximum Gasteiger partial charge on any atom is 0.421 e. The van der Waals surface area contributed by atoms with Gasteiger partial charge in [-0.15, -0.1) is 0 Å². The lowest BCUT2D eigenvalue weighted by molar-refractivity contribution is -0.138. The van der Waals surface area contributed by atoms with Crippen LogP contribution < -0.4 is 5.56 Å². The van der Waals surface area contributed by atoms with Crippen molar-refractivity contribution in [1.82, 2.24) is 14.8 Å². The van der Waals surface area contributed by atoms with Crippen molar-refractivity contribution < 1.29 is 18.0 Å². The molecule has 0 aliphatic carbocycles. The number of alkyl halides is 3. The maximum atomic E-state index is 12.9. The van der Waals surface area contributed by atoms with Crippen LogP contribution in [0.1, 0.15) is 35.2 Å². The summed E-state index contributed by atoms with van der Waals surface area (Å²) in [6.45, 7) is 2.95. The van der Waals surface area contributed by atoms with E-state index in [1.807, 2.05) is 12.0 Å². The fourth-order valence-corrected chi connectivity index (χ4v) is 3.87. The van der Waals surface area contributed by atoms with Gasteiger partial charge in [-0.05, 0) is 38.9 Å². The molecule has 132 valence electrons. The van der Waals surface area contributed by atoms with E-state index in [1.165, 1.54) is 0 Å². The van der Waals surface area contributed by atoms with E-state index in [4.69, 9.17) is 0 Å². The van der Waals surface area contributed by atoms with E-state index in [0.29, 0.717) is 19.2 Å².